The molecule has 0 amide bonds. The molecule has 0 N–H and O–H groups in total. The van der Waals surface area contributed by atoms with Crippen LogP contribution in [0.3, 0.4) is 0 Å². The summed E-state index contributed by atoms with van der Waals surface area (Å²) in [7, 11) is 0. The number of hydrogen-bond donors (Lipinski definition) is 0. The first kappa shape index (κ1) is 19.5. The quantitative estimate of drug-likeness (QED) is 0.690. The Kier molecular flexibility index (Phi) is 6.92. The van der Waals surface area contributed by atoms with Crippen LogP contribution in [0.4, 0.5) is 8.78 Å². The van der Waals surface area contributed by atoms with Gasteiger partial charge in [-0.15, -0.1) is 0 Å². The molecule has 2 aromatic rings. The Morgan fingerprint density at radius 1 is 1.11 bits per heavy atom. The molecule has 3 rings (SSSR count). The molecule has 1 aliphatic heterocycles. The molecule has 1 heterocycles. The lowest BCUT2D eigenvalue weighted by atomic mass is 9.82. The third kappa shape index (κ3) is 5.35. The summed E-state index contributed by atoms with van der Waals surface area (Å²) < 4.78 is 38.3. The van der Waals surface area contributed by atoms with E-state index in [4.69, 9.17) is 9.47 Å². The van der Waals surface area contributed by atoms with Crippen LogP contribution in [0, 0.1) is 28.9 Å². The molecule has 0 aliphatic carbocycles. The fraction of sp³-hybridized carbons (Fsp3) is 0.409. The second-order valence-corrected chi connectivity index (χ2v) is 6.83. The van der Waals surface area contributed by atoms with Crippen LogP contribution < -0.4 is 0 Å². The Labute approximate surface area is 158 Å². The van der Waals surface area contributed by atoms with Gasteiger partial charge in [-0.05, 0) is 48.9 Å². The van der Waals surface area contributed by atoms with Gasteiger partial charge in [0.15, 0.2) is 17.9 Å². The molecule has 1 fully saturated rings. The predicted octanol–water partition coefficient (Wildman–Crippen LogP) is 4.97. The van der Waals surface area contributed by atoms with Gasteiger partial charge in [0.1, 0.15) is 0 Å². The smallest absolute Gasteiger partial charge is 0.159 e. The fourth-order valence-corrected chi connectivity index (χ4v) is 3.41. The summed E-state index contributed by atoms with van der Waals surface area (Å²) in [6.45, 7) is 0.920. The zero-order valence-electron chi connectivity index (χ0n) is 15.1. The topological polar surface area (TPSA) is 42.2 Å². The first-order valence-electron chi connectivity index (χ1n) is 9.29. The van der Waals surface area contributed by atoms with Crippen molar-refractivity contribution in [1.29, 1.82) is 5.26 Å². The Hall–Kier alpha value is -2.29. The van der Waals surface area contributed by atoms with E-state index in [-0.39, 0.29) is 18.8 Å². The van der Waals surface area contributed by atoms with E-state index in [0.717, 1.165) is 30.9 Å². The van der Waals surface area contributed by atoms with Crippen LogP contribution >= 0.6 is 0 Å². The average Bonchev–Trinajstić information content (AvgIpc) is 2.71. The van der Waals surface area contributed by atoms with Crippen LogP contribution in [0.2, 0.25) is 0 Å². The van der Waals surface area contributed by atoms with E-state index in [2.05, 4.69) is 6.07 Å². The maximum atomic E-state index is 13.6. The standard InChI is InChI=1S/C22H23F2NO2/c23-20-10-9-16(13-21(20)24)12-19(17-6-2-1-3-7-17)18(14-25)15-27-22-8-4-5-11-26-22/h1-3,6-7,9-10,13,18-19,22H,4-5,8,11-12,15H2. The van der Waals surface area contributed by atoms with Gasteiger partial charge in [-0.1, -0.05) is 36.4 Å². The van der Waals surface area contributed by atoms with Crippen LogP contribution in [-0.4, -0.2) is 19.5 Å². The van der Waals surface area contributed by atoms with E-state index in [0.29, 0.717) is 18.6 Å². The highest BCUT2D eigenvalue weighted by atomic mass is 19.2. The molecule has 3 unspecified atom stereocenters. The maximum Gasteiger partial charge on any atom is 0.159 e. The molecule has 0 bridgehead atoms. The van der Waals surface area contributed by atoms with Crippen molar-refractivity contribution in [3.63, 3.8) is 0 Å². The average molecular weight is 371 g/mol. The molecule has 0 saturated carbocycles. The number of ether oxygens (including phenoxy) is 2. The molecule has 0 spiro atoms. The number of nitriles is 1. The zero-order chi connectivity index (χ0) is 19.1. The summed E-state index contributed by atoms with van der Waals surface area (Å²) >= 11 is 0. The largest absolute Gasteiger partial charge is 0.353 e. The summed E-state index contributed by atoms with van der Waals surface area (Å²) in [5.41, 5.74) is 1.62. The van der Waals surface area contributed by atoms with Crippen molar-refractivity contribution < 1.29 is 18.3 Å². The van der Waals surface area contributed by atoms with E-state index < -0.39 is 17.6 Å². The molecule has 2 aromatic carbocycles. The van der Waals surface area contributed by atoms with Gasteiger partial charge < -0.3 is 9.47 Å². The molecular weight excluding hydrogens is 348 g/mol. The molecule has 142 valence electrons. The van der Waals surface area contributed by atoms with E-state index in [1.165, 1.54) is 6.07 Å². The van der Waals surface area contributed by atoms with E-state index in [1.807, 2.05) is 30.3 Å². The van der Waals surface area contributed by atoms with Gasteiger partial charge in [0, 0.05) is 12.5 Å². The van der Waals surface area contributed by atoms with Crippen molar-refractivity contribution in [3.8, 4) is 6.07 Å². The van der Waals surface area contributed by atoms with Gasteiger partial charge in [-0.2, -0.15) is 5.26 Å². The summed E-state index contributed by atoms with van der Waals surface area (Å²) in [6, 6.07) is 15.9. The number of hydrogen-bond acceptors (Lipinski definition) is 3. The first-order chi connectivity index (χ1) is 13.2. The van der Waals surface area contributed by atoms with Crippen LogP contribution in [0.25, 0.3) is 0 Å². The number of halogens is 2. The summed E-state index contributed by atoms with van der Waals surface area (Å²) in [5, 5.41) is 9.76. The van der Waals surface area contributed by atoms with Crippen LogP contribution in [0.5, 0.6) is 0 Å². The minimum Gasteiger partial charge on any atom is -0.353 e. The van der Waals surface area contributed by atoms with Gasteiger partial charge in [-0.25, -0.2) is 8.78 Å². The number of rotatable bonds is 7. The molecule has 0 radical (unpaired) electrons. The Bertz CT molecular complexity index is 770. The van der Waals surface area contributed by atoms with Crippen molar-refractivity contribution in [2.75, 3.05) is 13.2 Å². The molecular formula is C22H23F2NO2. The van der Waals surface area contributed by atoms with Crippen molar-refractivity contribution in [2.45, 2.75) is 37.9 Å². The van der Waals surface area contributed by atoms with Gasteiger partial charge in [0.05, 0.1) is 18.6 Å². The maximum absolute atomic E-state index is 13.6. The summed E-state index contributed by atoms with van der Waals surface area (Å²) in [4.78, 5) is 0. The van der Waals surface area contributed by atoms with Crippen LogP contribution in [0.15, 0.2) is 48.5 Å². The van der Waals surface area contributed by atoms with E-state index in [9.17, 15) is 14.0 Å². The predicted molar refractivity (Wildman–Crippen MR) is 97.9 cm³/mol. The van der Waals surface area contributed by atoms with E-state index in [1.54, 1.807) is 6.07 Å². The molecule has 1 saturated heterocycles. The molecule has 5 heteroatoms. The van der Waals surface area contributed by atoms with Crippen LogP contribution in [-0.2, 0) is 15.9 Å². The highest BCUT2D eigenvalue weighted by Gasteiger charge is 2.26. The molecule has 3 nitrogen and oxygen atoms in total. The minimum absolute atomic E-state index is 0.190. The lowest BCUT2D eigenvalue weighted by molar-refractivity contribution is -0.167. The van der Waals surface area contributed by atoms with E-state index >= 15 is 0 Å². The van der Waals surface area contributed by atoms with Crippen molar-refractivity contribution >= 4 is 0 Å². The number of benzene rings is 2. The lowest BCUT2D eigenvalue weighted by Crippen LogP contribution is -2.27. The summed E-state index contributed by atoms with van der Waals surface area (Å²) in [6.07, 6.45) is 3.07. The molecule has 3 atom stereocenters. The van der Waals surface area contributed by atoms with Gasteiger partial charge in [-0.3, -0.25) is 0 Å². The SMILES string of the molecule is N#CC(COC1CCCCO1)C(Cc1ccc(F)c(F)c1)c1ccccc1. The van der Waals surface area contributed by atoms with Gasteiger partial charge in [0.25, 0.3) is 0 Å². The summed E-state index contributed by atoms with van der Waals surface area (Å²) in [5.74, 6) is -2.36. The van der Waals surface area contributed by atoms with Crippen molar-refractivity contribution in [1.82, 2.24) is 0 Å². The Morgan fingerprint density at radius 2 is 1.93 bits per heavy atom. The third-order valence-electron chi connectivity index (χ3n) is 4.92. The first-order valence-corrected chi connectivity index (χ1v) is 9.29. The monoisotopic (exact) mass is 371 g/mol. The molecule has 1 aliphatic rings. The Morgan fingerprint density at radius 3 is 2.59 bits per heavy atom. The highest BCUT2D eigenvalue weighted by molar-refractivity contribution is 5.27. The third-order valence-corrected chi connectivity index (χ3v) is 4.92. The normalized spacial score (nSPS) is 19.2. The molecule has 0 aromatic heterocycles. The fourth-order valence-electron chi connectivity index (χ4n) is 3.41. The minimum atomic E-state index is -0.875. The van der Waals surface area contributed by atoms with Crippen LogP contribution in [0.1, 0.15) is 36.3 Å². The lowest BCUT2D eigenvalue weighted by Gasteiger charge is -2.27. The molecule has 27 heavy (non-hydrogen) atoms. The second-order valence-electron chi connectivity index (χ2n) is 6.83. The zero-order valence-corrected chi connectivity index (χ0v) is 15.1. The second kappa shape index (κ2) is 9.59. The Balaban J connectivity index is 1.77. The highest BCUT2D eigenvalue weighted by Crippen LogP contribution is 2.30. The van der Waals surface area contributed by atoms with Gasteiger partial charge >= 0.3 is 0 Å². The van der Waals surface area contributed by atoms with Crippen molar-refractivity contribution in [2.24, 2.45) is 5.92 Å². The van der Waals surface area contributed by atoms with Crippen molar-refractivity contribution in [3.05, 3.63) is 71.3 Å². The number of nitrogens with zero attached hydrogens (tertiary/aromatic N) is 1. The van der Waals surface area contributed by atoms with Gasteiger partial charge in [0.2, 0.25) is 0 Å².